The Balaban J connectivity index is 2.72. The first kappa shape index (κ1) is 12.1. The predicted molar refractivity (Wildman–Crippen MR) is 61.0 cm³/mol. The molecule has 1 aromatic rings. The topological polar surface area (TPSA) is 78.8 Å². The molecule has 0 aliphatic carbocycles. The number of hydrogen-bond donors (Lipinski definition) is 3. The van der Waals surface area contributed by atoms with Gasteiger partial charge in [0.1, 0.15) is 5.75 Å². The van der Waals surface area contributed by atoms with Gasteiger partial charge < -0.3 is 9.84 Å². The normalized spacial score (nSPS) is 10.9. The van der Waals surface area contributed by atoms with Crippen LogP contribution in [0.2, 0.25) is 0 Å². The van der Waals surface area contributed by atoms with Crippen LogP contribution < -0.4 is 9.84 Å². The second-order valence-corrected chi connectivity index (χ2v) is 4.56. The Kier molecular flexibility index (Phi) is 3.82. The van der Waals surface area contributed by atoms with Crippen LogP contribution in [0, 0.1) is 0 Å². The molecule has 0 fully saturated rings. The van der Waals surface area contributed by atoms with Crippen LogP contribution in [-0.2, 0) is 4.57 Å². The lowest BCUT2D eigenvalue weighted by molar-refractivity contribution is 0.283. The van der Waals surface area contributed by atoms with E-state index in [1.54, 1.807) is 19.1 Å². The van der Waals surface area contributed by atoms with Crippen LogP contribution in [0.25, 0.3) is 0 Å². The zero-order chi connectivity index (χ0) is 11.5. The summed E-state index contributed by atoms with van der Waals surface area (Å²) in [5.74, 6) is 0.107. The van der Waals surface area contributed by atoms with E-state index in [-0.39, 0.29) is 5.75 Å². The Morgan fingerprint density at radius 2 is 1.93 bits per heavy atom. The van der Waals surface area contributed by atoms with Gasteiger partial charge in [-0.1, -0.05) is 12.2 Å². The lowest BCUT2D eigenvalue weighted by atomic mass is 10.3. The molecule has 0 radical (unpaired) electrons. The number of phosphoric ester groups is 1. The molecule has 15 heavy (non-hydrogen) atoms. The molecule has 0 amide bonds. The summed E-state index contributed by atoms with van der Waals surface area (Å²) in [5.41, 5.74) is 0.737. The first-order valence-corrected chi connectivity index (χ1v) is 5.93. The second kappa shape index (κ2) is 4.72. The highest BCUT2D eigenvalue weighted by atomic mass is 32.1. The van der Waals surface area contributed by atoms with Crippen molar-refractivity contribution in [2.45, 2.75) is 6.92 Å². The van der Waals surface area contributed by atoms with Crippen molar-refractivity contribution in [3.05, 3.63) is 24.3 Å². The third-order valence-corrected chi connectivity index (χ3v) is 1.95. The van der Waals surface area contributed by atoms with Crippen LogP contribution in [0.5, 0.6) is 5.75 Å². The largest absolute Gasteiger partial charge is 0.524 e. The monoisotopic (exact) mass is 247 g/mol. The molecule has 1 aromatic carbocycles. The van der Waals surface area contributed by atoms with Crippen molar-refractivity contribution in [2.75, 3.05) is 5.32 Å². The maximum absolute atomic E-state index is 10.5. The number of anilines is 1. The van der Waals surface area contributed by atoms with Crippen LogP contribution in [0.15, 0.2) is 24.3 Å². The lowest BCUT2D eigenvalue weighted by Crippen LogP contribution is -2.02. The maximum Gasteiger partial charge on any atom is 0.524 e. The average molecular weight is 247 g/mol. The molecule has 7 heteroatoms. The molecule has 82 valence electrons. The van der Waals surface area contributed by atoms with Crippen molar-refractivity contribution >= 4 is 30.7 Å². The molecule has 0 saturated heterocycles. The summed E-state index contributed by atoms with van der Waals surface area (Å²) >= 11 is 4.83. The molecule has 1 rings (SSSR count). The van der Waals surface area contributed by atoms with Gasteiger partial charge in [0.25, 0.3) is 0 Å². The van der Waals surface area contributed by atoms with Crippen LogP contribution >= 0.6 is 20.0 Å². The van der Waals surface area contributed by atoms with E-state index >= 15 is 0 Å². The minimum Gasteiger partial charge on any atom is -0.404 e. The lowest BCUT2D eigenvalue weighted by Gasteiger charge is -2.08. The standard InChI is InChI=1S/C8H10NO4PS/c1-6(15)9-7-2-4-8(5-3-7)13-14(10,11)12/h2-5H,1H3,(H,9,15)(H2,10,11,12). The maximum atomic E-state index is 10.5. The van der Waals surface area contributed by atoms with Crippen molar-refractivity contribution in [2.24, 2.45) is 0 Å². The molecule has 0 aromatic heterocycles. The van der Waals surface area contributed by atoms with Gasteiger partial charge in [0.2, 0.25) is 0 Å². The number of rotatable bonds is 3. The van der Waals surface area contributed by atoms with Gasteiger partial charge in [-0.15, -0.1) is 0 Å². The average Bonchev–Trinajstić information content (AvgIpc) is 2.05. The van der Waals surface area contributed by atoms with E-state index in [9.17, 15) is 4.57 Å². The Labute approximate surface area is 92.3 Å². The Hall–Kier alpha value is -0.940. The summed E-state index contributed by atoms with van der Waals surface area (Å²) in [6.07, 6.45) is 0. The Bertz CT molecular complexity index is 400. The van der Waals surface area contributed by atoms with Crippen molar-refractivity contribution in [1.29, 1.82) is 0 Å². The number of thiocarbonyl (C=S) groups is 1. The minimum atomic E-state index is -4.48. The number of phosphoric acid groups is 1. The van der Waals surface area contributed by atoms with Gasteiger partial charge in [0.05, 0.1) is 4.99 Å². The summed E-state index contributed by atoms with van der Waals surface area (Å²) in [7, 11) is -4.48. The van der Waals surface area contributed by atoms with E-state index < -0.39 is 7.82 Å². The van der Waals surface area contributed by atoms with Crippen molar-refractivity contribution < 1.29 is 18.9 Å². The van der Waals surface area contributed by atoms with Crippen molar-refractivity contribution in [1.82, 2.24) is 0 Å². The fraction of sp³-hybridized carbons (Fsp3) is 0.125. The molecule has 3 N–H and O–H groups in total. The highest BCUT2D eigenvalue weighted by Crippen LogP contribution is 2.37. The van der Waals surface area contributed by atoms with Gasteiger partial charge in [-0.3, -0.25) is 9.79 Å². The fourth-order valence-electron chi connectivity index (χ4n) is 0.940. The molecule has 0 unspecified atom stereocenters. The van der Waals surface area contributed by atoms with E-state index in [1.807, 2.05) is 0 Å². The zero-order valence-corrected chi connectivity index (χ0v) is 9.59. The predicted octanol–water partition coefficient (Wildman–Crippen LogP) is 1.92. The molecule has 0 aliphatic heterocycles. The Morgan fingerprint density at radius 3 is 2.33 bits per heavy atom. The molecule has 0 aliphatic rings. The highest BCUT2D eigenvalue weighted by Gasteiger charge is 2.15. The van der Waals surface area contributed by atoms with Crippen LogP contribution in [0.1, 0.15) is 6.92 Å². The van der Waals surface area contributed by atoms with E-state index in [2.05, 4.69) is 9.84 Å². The molecule has 0 heterocycles. The van der Waals surface area contributed by atoms with Gasteiger partial charge in [0.15, 0.2) is 0 Å². The van der Waals surface area contributed by atoms with Crippen molar-refractivity contribution in [3.63, 3.8) is 0 Å². The first-order chi connectivity index (χ1) is 6.87. The van der Waals surface area contributed by atoms with Gasteiger partial charge in [-0.25, -0.2) is 4.57 Å². The number of hydrogen-bond acceptors (Lipinski definition) is 3. The van der Waals surface area contributed by atoms with Gasteiger partial charge in [-0.05, 0) is 31.2 Å². The molecule has 0 bridgehead atoms. The molecule has 0 saturated carbocycles. The molecular formula is C8H10NO4PS. The minimum absolute atomic E-state index is 0.107. The van der Waals surface area contributed by atoms with Crippen LogP contribution in [-0.4, -0.2) is 14.8 Å². The van der Waals surface area contributed by atoms with E-state index in [0.717, 1.165) is 5.69 Å². The van der Waals surface area contributed by atoms with Crippen molar-refractivity contribution in [3.8, 4) is 5.75 Å². The highest BCUT2D eigenvalue weighted by molar-refractivity contribution is 7.80. The quantitative estimate of drug-likeness (QED) is 0.559. The third kappa shape index (κ3) is 4.90. The van der Waals surface area contributed by atoms with Gasteiger partial charge in [-0.2, -0.15) is 0 Å². The van der Waals surface area contributed by atoms with Crippen LogP contribution in [0.4, 0.5) is 5.69 Å². The van der Waals surface area contributed by atoms with E-state index in [0.29, 0.717) is 4.99 Å². The molecule has 0 atom stereocenters. The second-order valence-electron chi connectivity index (χ2n) is 2.79. The number of nitrogens with one attached hydrogen (secondary N) is 1. The Morgan fingerprint density at radius 1 is 1.40 bits per heavy atom. The zero-order valence-electron chi connectivity index (χ0n) is 7.88. The first-order valence-electron chi connectivity index (χ1n) is 3.99. The molecule has 0 spiro atoms. The SMILES string of the molecule is CC(=S)Nc1ccc(OP(=O)(O)O)cc1. The van der Waals surface area contributed by atoms with Gasteiger partial charge >= 0.3 is 7.82 Å². The van der Waals surface area contributed by atoms with E-state index in [1.165, 1.54) is 12.1 Å². The fourth-order valence-corrected chi connectivity index (χ4v) is 1.45. The summed E-state index contributed by atoms with van der Waals surface area (Å²) < 4.78 is 14.9. The molecular weight excluding hydrogens is 237 g/mol. The van der Waals surface area contributed by atoms with Crippen LogP contribution in [0.3, 0.4) is 0 Å². The summed E-state index contributed by atoms with van der Waals surface area (Å²) in [5, 5.41) is 2.88. The summed E-state index contributed by atoms with van der Waals surface area (Å²) in [6, 6.07) is 6.11. The third-order valence-electron chi connectivity index (χ3n) is 1.40. The van der Waals surface area contributed by atoms with E-state index in [4.69, 9.17) is 22.0 Å². The summed E-state index contributed by atoms with van der Waals surface area (Å²) in [6.45, 7) is 1.73. The number of benzene rings is 1. The van der Waals surface area contributed by atoms with Gasteiger partial charge in [0, 0.05) is 5.69 Å². The smallest absolute Gasteiger partial charge is 0.404 e. The summed E-state index contributed by atoms with van der Waals surface area (Å²) in [4.78, 5) is 17.7. The molecule has 5 nitrogen and oxygen atoms in total.